The summed E-state index contributed by atoms with van der Waals surface area (Å²) >= 11 is 1.48. The molecule has 5 nitrogen and oxygen atoms in total. The number of nitrogens with zero attached hydrogens (tertiary/aromatic N) is 1. The summed E-state index contributed by atoms with van der Waals surface area (Å²) in [6.45, 7) is 4.21. The molecule has 1 amide bonds. The first kappa shape index (κ1) is 16.2. The van der Waals surface area contributed by atoms with Gasteiger partial charge < -0.3 is 10.4 Å². The van der Waals surface area contributed by atoms with Crippen LogP contribution in [0.2, 0.25) is 0 Å². The van der Waals surface area contributed by atoms with Crippen molar-refractivity contribution in [2.24, 2.45) is 5.92 Å². The number of rotatable bonds is 6. The van der Waals surface area contributed by atoms with Crippen LogP contribution in [-0.2, 0) is 17.6 Å². The number of aliphatic carboxylic acids is 1. The highest BCUT2D eigenvalue weighted by Crippen LogP contribution is 2.17. The van der Waals surface area contributed by atoms with Gasteiger partial charge in [-0.1, -0.05) is 26.0 Å². The Morgan fingerprint density at radius 2 is 2.14 bits per heavy atom. The maximum absolute atomic E-state index is 12.2. The highest BCUT2D eigenvalue weighted by atomic mass is 32.1. The number of carbonyl (C=O) groups is 2. The van der Waals surface area contributed by atoms with Gasteiger partial charge in [0, 0.05) is 17.5 Å². The molecule has 0 atom stereocenters. The van der Waals surface area contributed by atoms with Crippen molar-refractivity contribution < 1.29 is 14.7 Å². The Labute approximate surface area is 133 Å². The third-order valence-electron chi connectivity index (χ3n) is 2.91. The van der Waals surface area contributed by atoms with E-state index < -0.39 is 5.97 Å². The topological polar surface area (TPSA) is 79.3 Å². The van der Waals surface area contributed by atoms with Crippen LogP contribution in [0.5, 0.6) is 0 Å². The van der Waals surface area contributed by atoms with Gasteiger partial charge in [-0.3, -0.25) is 9.59 Å². The standard InChI is InChI=1S/C16H18N2O3S/c1-10(2)6-14-18-13(9-22-14)16(21)17-12-5-3-4-11(7-12)8-15(19)20/h3-5,7,9-10H,6,8H2,1-2H3,(H,17,21)(H,19,20). The van der Waals surface area contributed by atoms with Crippen molar-refractivity contribution in [2.75, 3.05) is 5.32 Å². The molecule has 2 rings (SSSR count). The van der Waals surface area contributed by atoms with E-state index in [9.17, 15) is 9.59 Å². The highest BCUT2D eigenvalue weighted by Gasteiger charge is 2.12. The Kier molecular flexibility index (Phi) is 5.27. The van der Waals surface area contributed by atoms with Gasteiger partial charge in [0.1, 0.15) is 5.69 Å². The summed E-state index contributed by atoms with van der Waals surface area (Å²) in [5.41, 5.74) is 1.61. The smallest absolute Gasteiger partial charge is 0.307 e. The number of amides is 1. The largest absolute Gasteiger partial charge is 0.481 e. The number of hydrogen-bond donors (Lipinski definition) is 2. The lowest BCUT2D eigenvalue weighted by Crippen LogP contribution is -2.13. The van der Waals surface area contributed by atoms with Gasteiger partial charge in [0.25, 0.3) is 5.91 Å². The summed E-state index contributed by atoms with van der Waals surface area (Å²) in [5.74, 6) is -0.685. The number of nitrogens with one attached hydrogen (secondary N) is 1. The van der Waals surface area contributed by atoms with E-state index in [1.54, 1.807) is 29.6 Å². The van der Waals surface area contributed by atoms with Crippen LogP contribution >= 0.6 is 11.3 Å². The zero-order valence-corrected chi connectivity index (χ0v) is 13.3. The minimum Gasteiger partial charge on any atom is -0.481 e. The summed E-state index contributed by atoms with van der Waals surface area (Å²) < 4.78 is 0. The number of aromatic nitrogens is 1. The third-order valence-corrected chi connectivity index (χ3v) is 3.78. The average Bonchev–Trinajstić information content (AvgIpc) is 2.86. The maximum atomic E-state index is 12.2. The second-order valence-corrected chi connectivity index (χ2v) is 6.39. The molecule has 0 saturated heterocycles. The summed E-state index contributed by atoms with van der Waals surface area (Å²) in [7, 11) is 0. The van der Waals surface area contributed by atoms with Crippen LogP contribution in [0.15, 0.2) is 29.6 Å². The molecule has 22 heavy (non-hydrogen) atoms. The Bertz CT molecular complexity index is 680. The number of benzene rings is 1. The molecule has 2 N–H and O–H groups in total. The highest BCUT2D eigenvalue weighted by molar-refractivity contribution is 7.09. The van der Waals surface area contributed by atoms with Crippen molar-refractivity contribution in [1.82, 2.24) is 4.98 Å². The molecule has 2 aromatic rings. The van der Waals surface area contributed by atoms with E-state index in [0.717, 1.165) is 11.4 Å². The van der Waals surface area contributed by atoms with Gasteiger partial charge in [-0.05, 0) is 23.6 Å². The fourth-order valence-electron chi connectivity index (χ4n) is 1.99. The Morgan fingerprint density at radius 1 is 1.36 bits per heavy atom. The molecule has 0 unspecified atom stereocenters. The zero-order chi connectivity index (χ0) is 16.1. The Morgan fingerprint density at radius 3 is 2.82 bits per heavy atom. The van der Waals surface area contributed by atoms with Gasteiger partial charge in [-0.15, -0.1) is 11.3 Å². The second kappa shape index (κ2) is 7.17. The lowest BCUT2D eigenvalue weighted by atomic mass is 10.1. The van der Waals surface area contributed by atoms with E-state index in [1.165, 1.54) is 11.3 Å². The monoisotopic (exact) mass is 318 g/mol. The van der Waals surface area contributed by atoms with Crippen LogP contribution in [0.4, 0.5) is 5.69 Å². The van der Waals surface area contributed by atoms with Crippen LogP contribution in [0.1, 0.15) is 34.9 Å². The summed E-state index contributed by atoms with van der Waals surface area (Å²) in [6.07, 6.45) is 0.783. The van der Waals surface area contributed by atoms with Crippen molar-refractivity contribution in [3.63, 3.8) is 0 Å². The molecule has 0 bridgehead atoms. The Hall–Kier alpha value is -2.21. The van der Waals surface area contributed by atoms with Gasteiger partial charge in [-0.25, -0.2) is 4.98 Å². The Balaban J connectivity index is 2.05. The number of hydrogen-bond acceptors (Lipinski definition) is 4. The first-order valence-corrected chi connectivity index (χ1v) is 7.88. The fraction of sp³-hybridized carbons (Fsp3) is 0.312. The van der Waals surface area contributed by atoms with Crippen LogP contribution in [0.25, 0.3) is 0 Å². The summed E-state index contributed by atoms with van der Waals surface area (Å²) in [4.78, 5) is 27.2. The van der Waals surface area contributed by atoms with Gasteiger partial charge in [-0.2, -0.15) is 0 Å². The lowest BCUT2D eigenvalue weighted by molar-refractivity contribution is -0.136. The average molecular weight is 318 g/mol. The van der Waals surface area contributed by atoms with Crippen LogP contribution in [0, 0.1) is 5.92 Å². The molecule has 1 aromatic heterocycles. The molecular weight excluding hydrogens is 300 g/mol. The molecule has 0 spiro atoms. The van der Waals surface area contributed by atoms with Crippen LogP contribution < -0.4 is 5.32 Å². The fourth-order valence-corrected chi connectivity index (χ4v) is 2.97. The third kappa shape index (κ3) is 4.66. The van der Waals surface area contributed by atoms with E-state index in [-0.39, 0.29) is 12.3 Å². The maximum Gasteiger partial charge on any atom is 0.307 e. The van der Waals surface area contributed by atoms with E-state index in [2.05, 4.69) is 24.1 Å². The van der Waals surface area contributed by atoms with Crippen LogP contribution in [0.3, 0.4) is 0 Å². The lowest BCUT2D eigenvalue weighted by Gasteiger charge is -2.05. The molecule has 6 heteroatoms. The van der Waals surface area contributed by atoms with Crippen molar-refractivity contribution in [2.45, 2.75) is 26.7 Å². The quantitative estimate of drug-likeness (QED) is 0.857. The van der Waals surface area contributed by atoms with E-state index >= 15 is 0 Å². The second-order valence-electron chi connectivity index (χ2n) is 5.45. The molecule has 0 saturated carbocycles. The van der Waals surface area contributed by atoms with Gasteiger partial charge in [0.2, 0.25) is 0 Å². The number of anilines is 1. The van der Waals surface area contributed by atoms with Crippen molar-refractivity contribution in [3.05, 3.63) is 45.9 Å². The predicted octanol–water partition coefficient (Wildman–Crippen LogP) is 3.22. The van der Waals surface area contributed by atoms with Gasteiger partial charge in [0.05, 0.1) is 11.4 Å². The molecule has 0 aliphatic rings. The van der Waals surface area contributed by atoms with Gasteiger partial charge >= 0.3 is 5.97 Å². The number of carboxylic acids is 1. The number of thiazole rings is 1. The molecule has 0 aliphatic carbocycles. The molecule has 1 heterocycles. The normalized spacial score (nSPS) is 10.7. The van der Waals surface area contributed by atoms with Crippen molar-refractivity contribution in [1.29, 1.82) is 0 Å². The first-order valence-electron chi connectivity index (χ1n) is 7.00. The SMILES string of the molecule is CC(C)Cc1nc(C(=O)Nc2cccc(CC(=O)O)c2)cs1. The summed E-state index contributed by atoms with van der Waals surface area (Å²) in [6, 6.07) is 6.82. The molecule has 116 valence electrons. The molecule has 0 fully saturated rings. The first-order chi connectivity index (χ1) is 10.4. The van der Waals surface area contributed by atoms with Crippen LogP contribution in [-0.4, -0.2) is 22.0 Å². The van der Waals surface area contributed by atoms with Crippen molar-refractivity contribution >= 4 is 28.9 Å². The molecular formula is C16H18N2O3S. The predicted molar refractivity (Wildman–Crippen MR) is 86.4 cm³/mol. The minimum atomic E-state index is -0.902. The van der Waals surface area contributed by atoms with E-state index in [0.29, 0.717) is 22.9 Å². The molecule has 0 radical (unpaired) electrons. The zero-order valence-electron chi connectivity index (χ0n) is 12.5. The van der Waals surface area contributed by atoms with Crippen molar-refractivity contribution in [3.8, 4) is 0 Å². The number of carboxylic acid groups (broad SMARTS) is 1. The molecule has 0 aliphatic heterocycles. The van der Waals surface area contributed by atoms with E-state index in [1.807, 2.05) is 0 Å². The van der Waals surface area contributed by atoms with Gasteiger partial charge in [0.15, 0.2) is 0 Å². The van der Waals surface area contributed by atoms with E-state index in [4.69, 9.17) is 5.11 Å². The summed E-state index contributed by atoms with van der Waals surface area (Å²) in [5, 5.41) is 14.2. The molecule has 1 aromatic carbocycles. The number of carbonyl (C=O) groups excluding carboxylic acids is 1. The minimum absolute atomic E-state index is 0.0705.